The van der Waals surface area contributed by atoms with Crippen molar-refractivity contribution in [2.24, 2.45) is 0 Å². The molecule has 1 heterocycles. The maximum atomic E-state index is 11.6. The molecule has 1 aromatic carbocycles. The summed E-state index contributed by atoms with van der Waals surface area (Å²) in [5, 5.41) is 0.622. The van der Waals surface area contributed by atoms with Gasteiger partial charge in [0.2, 0.25) is 0 Å². The van der Waals surface area contributed by atoms with Crippen LogP contribution in [0.1, 0.15) is 12.7 Å². The molecule has 0 radical (unpaired) electrons. The summed E-state index contributed by atoms with van der Waals surface area (Å²) in [6.07, 6.45) is 0.729. The second-order valence-electron chi connectivity index (χ2n) is 3.00. The van der Waals surface area contributed by atoms with E-state index in [1.54, 1.807) is 6.07 Å². The lowest BCUT2D eigenvalue weighted by Crippen LogP contribution is -2.11. The van der Waals surface area contributed by atoms with Crippen LogP contribution in [-0.4, -0.2) is 9.97 Å². The van der Waals surface area contributed by atoms with Crippen LogP contribution in [0.2, 0.25) is 0 Å². The topological polar surface area (TPSA) is 45.8 Å². The standard InChI is InChI=1S/C10H9BrN2O/c1-2-8-12-9-6(10(14)13-8)4-3-5-7(9)11/h3-5H,2H2,1H3,(H,12,13,14). The number of fused-ring (bicyclic) bond motifs is 1. The number of halogens is 1. The van der Waals surface area contributed by atoms with E-state index in [2.05, 4.69) is 25.9 Å². The molecule has 3 nitrogen and oxygen atoms in total. The van der Waals surface area contributed by atoms with E-state index in [4.69, 9.17) is 0 Å². The normalized spacial score (nSPS) is 10.7. The van der Waals surface area contributed by atoms with Crippen LogP contribution in [0.3, 0.4) is 0 Å². The van der Waals surface area contributed by atoms with E-state index in [1.165, 1.54) is 0 Å². The molecule has 4 heteroatoms. The number of rotatable bonds is 1. The van der Waals surface area contributed by atoms with Crippen LogP contribution in [0, 0.1) is 0 Å². The first-order chi connectivity index (χ1) is 6.72. The van der Waals surface area contributed by atoms with Gasteiger partial charge >= 0.3 is 0 Å². The number of aryl methyl sites for hydroxylation is 1. The number of aromatic amines is 1. The summed E-state index contributed by atoms with van der Waals surface area (Å²) in [6, 6.07) is 5.48. The van der Waals surface area contributed by atoms with Gasteiger partial charge in [0.05, 0.1) is 10.9 Å². The number of hydrogen-bond donors (Lipinski definition) is 1. The molecule has 0 atom stereocenters. The summed E-state index contributed by atoms with van der Waals surface area (Å²) in [5.74, 6) is 0.717. The Morgan fingerprint density at radius 1 is 1.50 bits per heavy atom. The van der Waals surface area contributed by atoms with Gasteiger partial charge in [-0.05, 0) is 28.1 Å². The quantitative estimate of drug-likeness (QED) is 0.847. The molecule has 0 spiro atoms. The molecule has 0 unspecified atom stereocenters. The first-order valence-corrected chi connectivity index (χ1v) is 5.19. The Morgan fingerprint density at radius 2 is 2.29 bits per heavy atom. The molecule has 0 aliphatic heterocycles. The van der Waals surface area contributed by atoms with Crippen molar-refractivity contribution < 1.29 is 0 Å². The number of para-hydroxylation sites is 1. The van der Waals surface area contributed by atoms with Crippen molar-refractivity contribution in [3.05, 3.63) is 38.9 Å². The number of benzene rings is 1. The van der Waals surface area contributed by atoms with E-state index < -0.39 is 0 Å². The van der Waals surface area contributed by atoms with Crippen LogP contribution in [-0.2, 0) is 6.42 Å². The van der Waals surface area contributed by atoms with Gasteiger partial charge in [0.1, 0.15) is 5.82 Å². The van der Waals surface area contributed by atoms with Crippen LogP contribution in [0.25, 0.3) is 10.9 Å². The minimum Gasteiger partial charge on any atom is -0.310 e. The van der Waals surface area contributed by atoms with E-state index in [0.29, 0.717) is 5.39 Å². The van der Waals surface area contributed by atoms with Crippen molar-refractivity contribution in [1.29, 1.82) is 0 Å². The van der Waals surface area contributed by atoms with Gasteiger partial charge in [-0.1, -0.05) is 13.0 Å². The van der Waals surface area contributed by atoms with Crippen LogP contribution in [0.5, 0.6) is 0 Å². The first-order valence-electron chi connectivity index (χ1n) is 4.39. The fourth-order valence-corrected chi connectivity index (χ4v) is 1.80. The molecule has 0 amide bonds. The highest BCUT2D eigenvalue weighted by atomic mass is 79.9. The second kappa shape index (κ2) is 3.53. The van der Waals surface area contributed by atoms with Crippen LogP contribution in [0.4, 0.5) is 0 Å². The Hall–Kier alpha value is -1.16. The highest BCUT2D eigenvalue weighted by Crippen LogP contribution is 2.18. The van der Waals surface area contributed by atoms with Gasteiger partial charge in [-0.3, -0.25) is 4.79 Å². The Bertz CT molecular complexity index is 533. The number of nitrogens with zero attached hydrogens (tertiary/aromatic N) is 1. The molecule has 0 aliphatic rings. The highest BCUT2D eigenvalue weighted by molar-refractivity contribution is 9.10. The van der Waals surface area contributed by atoms with Crippen molar-refractivity contribution >= 4 is 26.8 Å². The molecule has 1 aromatic heterocycles. The van der Waals surface area contributed by atoms with Crippen LogP contribution >= 0.6 is 15.9 Å². The first kappa shape index (κ1) is 9.40. The fraction of sp³-hybridized carbons (Fsp3) is 0.200. The second-order valence-corrected chi connectivity index (χ2v) is 3.86. The summed E-state index contributed by atoms with van der Waals surface area (Å²) in [5.41, 5.74) is 0.654. The average molecular weight is 253 g/mol. The molecular weight excluding hydrogens is 244 g/mol. The molecule has 2 aromatic rings. The molecule has 14 heavy (non-hydrogen) atoms. The number of nitrogens with one attached hydrogen (secondary N) is 1. The maximum absolute atomic E-state index is 11.6. The maximum Gasteiger partial charge on any atom is 0.258 e. The molecule has 0 saturated heterocycles. The highest BCUT2D eigenvalue weighted by Gasteiger charge is 2.04. The Morgan fingerprint density at radius 3 is 3.00 bits per heavy atom. The zero-order valence-electron chi connectivity index (χ0n) is 7.67. The Labute approximate surface area is 89.3 Å². The van der Waals surface area contributed by atoms with Crippen molar-refractivity contribution in [2.75, 3.05) is 0 Å². The van der Waals surface area contributed by atoms with E-state index in [0.717, 1.165) is 22.2 Å². The summed E-state index contributed by atoms with van der Waals surface area (Å²) < 4.78 is 0.857. The molecule has 1 N–H and O–H groups in total. The average Bonchev–Trinajstić information content (AvgIpc) is 2.19. The zero-order chi connectivity index (χ0) is 10.1. The molecule has 0 fully saturated rings. The molecule has 72 valence electrons. The summed E-state index contributed by atoms with van der Waals surface area (Å²) in [6.45, 7) is 1.96. The zero-order valence-corrected chi connectivity index (χ0v) is 9.26. The predicted octanol–water partition coefficient (Wildman–Crippen LogP) is 2.25. The Kier molecular flexibility index (Phi) is 2.37. The van der Waals surface area contributed by atoms with E-state index >= 15 is 0 Å². The third-order valence-electron chi connectivity index (χ3n) is 2.07. The smallest absolute Gasteiger partial charge is 0.258 e. The van der Waals surface area contributed by atoms with Crippen LogP contribution in [0.15, 0.2) is 27.5 Å². The summed E-state index contributed by atoms with van der Waals surface area (Å²) in [7, 11) is 0. The van der Waals surface area contributed by atoms with Gasteiger partial charge in [-0.25, -0.2) is 4.98 Å². The van der Waals surface area contributed by atoms with Gasteiger partial charge < -0.3 is 4.98 Å². The Balaban J connectivity index is 2.91. The van der Waals surface area contributed by atoms with Crippen LogP contribution < -0.4 is 5.56 Å². The fourth-order valence-electron chi connectivity index (χ4n) is 1.34. The lowest BCUT2D eigenvalue weighted by molar-refractivity contribution is 0.943. The van der Waals surface area contributed by atoms with Gasteiger partial charge in [-0.15, -0.1) is 0 Å². The van der Waals surface area contributed by atoms with E-state index in [9.17, 15) is 4.79 Å². The van der Waals surface area contributed by atoms with Crippen molar-refractivity contribution in [1.82, 2.24) is 9.97 Å². The minimum atomic E-state index is -0.0758. The number of hydrogen-bond acceptors (Lipinski definition) is 2. The van der Waals surface area contributed by atoms with E-state index in [1.807, 2.05) is 19.1 Å². The van der Waals surface area contributed by atoms with E-state index in [-0.39, 0.29) is 5.56 Å². The third kappa shape index (κ3) is 1.46. The van der Waals surface area contributed by atoms with Gasteiger partial charge in [0.15, 0.2) is 0 Å². The van der Waals surface area contributed by atoms with Gasteiger partial charge in [0, 0.05) is 10.9 Å². The molecular formula is C10H9BrN2O. The molecule has 2 rings (SSSR count). The lowest BCUT2D eigenvalue weighted by atomic mass is 10.2. The third-order valence-corrected chi connectivity index (χ3v) is 2.71. The minimum absolute atomic E-state index is 0.0758. The molecule has 0 bridgehead atoms. The predicted molar refractivity (Wildman–Crippen MR) is 59.4 cm³/mol. The lowest BCUT2D eigenvalue weighted by Gasteiger charge is -2.01. The number of aromatic nitrogens is 2. The monoisotopic (exact) mass is 252 g/mol. The van der Waals surface area contributed by atoms with Gasteiger partial charge in [-0.2, -0.15) is 0 Å². The SMILES string of the molecule is CCc1nc2c(Br)cccc2c(=O)[nH]1. The molecule has 0 aliphatic carbocycles. The van der Waals surface area contributed by atoms with Crippen molar-refractivity contribution in [3.63, 3.8) is 0 Å². The number of H-pyrrole nitrogens is 1. The largest absolute Gasteiger partial charge is 0.310 e. The summed E-state index contributed by atoms with van der Waals surface area (Å²) in [4.78, 5) is 18.7. The molecule has 0 saturated carbocycles. The van der Waals surface area contributed by atoms with Crippen molar-refractivity contribution in [2.45, 2.75) is 13.3 Å². The van der Waals surface area contributed by atoms with Gasteiger partial charge in [0.25, 0.3) is 5.56 Å². The van der Waals surface area contributed by atoms with Crippen molar-refractivity contribution in [3.8, 4) is 0 Å². The summed E-state index contributed by atoms with van der Waals surface area (Å²) >= 11 is 3.38.